The summed E-state index contributed by atoms with van der Waals surface area (Å²) < 4.78 is 1.57. The number of para-hydroxylation sites is 1. The minimum absolute atomic E-state index is 0.0372. The summed E-state index contributed by atoms with van der Waals surface area (Å²) in [5, 5.41) is 4.01. The Morgan fingerprint density at radius 1 is 1.19 bits per heavy atom. The van der Waals surface area contributed by atoms with Crippen molar-refractivity contribution in [2.75, 3.05) is 0 Å². The summed E-state index contributed by atoms with van der Waals surface area (Å²) in [6, 6.07) is 5.65. The highest BCUT2D eigenvalue weighted by Gasteiger charge is 2.51. The molecule has 0 radical (unpaired) electrons. The summed E-state index contributed by atoms with van der Waals surface area (Å²) in [6.45, 7) is 2.34. The van der Waals surface area contributed by atoms with Crippen molar-refractivity contribution >= 4 is 16.8 Å². The second-order valence-corrected chi connectivity index (χ2v) is 9.21. The average molecular weight is 365 g/mol. The lowest BCUT2D eigenvalue weighted by Gasteiger charge is -2.56. The molecule has 6 rings (SSSR count). The van der Waals surface area contributed by atoms with Crippen molar-refractivity contribution in [2.45, 2.75) is 64.0 Å². The first kappa shape index (κ1) is 17.0. The third-order valence-corrected chi connectivity index (χ3v) is 7.08. The van der Waals surface area contributed by atoms with Crippen LogP contribution in [0, 0.1) is 24.7 Å². The summed E-state index contributed by atoms with van der Waals surface area (Å²) in [6.07, 6.45) is 9.48. The van der Waals surface area contributed by atoms with Gasteiger partial charge in [-0.15, -0.1) is 0 Å². The lowest BCUT2D eigenvalue weighted by molar-refractivity contribution is -0.127. The number of benzene rings is 1. The molecule has 142 valence electrons. The van der Waals surface area contributed by atoms with Crippen molar-refractivity contribution in [1.82, 2.24) is 14.9 Å². The van der Waals surface area contributed by atoms with Gasteiger partial charge in [-0.25, -0.2) is 4.98 Å². The molecular formula is C22H27N3O2. The molecule has 0 unspecified atom stereocenters. The Bertz CT molecular complexity index is 926. The molecule has 4 fully saturated rings. The van der Waals surface area contributed by atoms with Gasteiger partial charge in [-0.2, -0.15) is 0 Å². The Morgan fingerprint density at radius 3 is 2.52 bits per heavy atom. The standard InChI is InChI=1S/C22H27N3O2/c1-14-3-2-4-18-20(14)23-13-25(21(18)27)6-5-19(26)24-22-10-15-7-16(11-22)9-17(8-15)12-22/h2-4,13,15-17H,5-12H2,1H3,(H,24,26). The first-order valence-electron chi connectivity index (χ1n) is 10.3. The minimum Gasteiger partial charge on any atom is -0.351 e. The van der Waals surface area contributed by atoms with Gasteiger partial charge in [0.1, 0.15) is 0 Å². The van der Waals surface area contributed by atoms with Gasteiger partial charge in [0.2, 0.25) is 5.91 Å². The number of nitrogens with one attached hydrogen (secondary N) is 1. The molecule has 4 aliphatic rings. The predicted molar refractivity (Wildman–Crippen MR) is 104 cm³/mol. The molecule has 1 aromatic heterocycles. The van der Waals surface area contributed by atoms with E-state index in [0.29, 0.717) is 18.4 Å². The molecule has 1 aromatic carbocycles. The van der Waals surface area contributed by atoms with E-state index in [0.717, 1.165) is 48.1 Å². The molecule has 5 heteroatoms. The van der Waals surface area contributed by atoms with Gasteiger partial charge >= 0.3 is 0 Å². The number of aromatic nitrogens is 2. The number of carbonyl (C=O) groups is 1. The number of rotatable bonds is 4. The highest BCUT2D eigenvalue weighted by Crippen LogP contribution is 2.55. The van der Waals surface area contributed by atoms with Gasteiger partial charge in [0, 0.05) is 18.5 Å². The molecule has 0 atom stereocenters. The van der Waals surface area contributed by atoms with E-state index in [-0.39, 0.29) is 17.0 Å². The topological polar surface area (TPSA) is 64.0 Å². The Balaban J connectivity index is 1.28. The predicted octanol–water partition coefficient (Wildman–Crippen LogP) is 3.18. The Kier molecular flexibility index (Phi) is 3.88. The van der Waals surface area contributed by atoms with Gasteiger partial charge in [-0.1, -0.05) is 12.1 Å². The second kappa shape index (κ2) is 6.18. The highest BCUT2D eigenvalue weighted by atomic mass is 16.2. The zero-order valence-electron chi connectivity index (χ0n) is 15.9. The van der Waals surface area contributed by atoms with Gasteiger partial charge in [0.15, 0.2) is 0 Å². The molecule has 0 saturated heterocycles. The average Bonchev–Trinajstić information content (AvgIpc) is 2.60. The fourth-order valence-electron chi connectivity index (χ4n) is 6.34. The summed E-state index contributed by atoms with van der Waals surface area (Å²) >= 11 is 0. The van der Waals surface area contributed by atoms with Crippen molar-refractivity contribution in [2.24, 2.45) is 17.8 Å². The van der Waals surface area contributed by atoms with Crippen LogP contribution in [0.5, 0.6) is 0 Å². The number of nitrogens with zero attached hydrogens (tertiary/aromatic N) is 2. The van der Waals surface area contributed by atoms with Crippen LogP contribution in [0.25, 0.3) is 10.9 Å². The number of hydrogen-bond acceptors (Lipinski definition) is 3. The van der Waals surface area contributed by atoms with Crippen LogP contribution in [-0.2, 0) is 11.3 Å². The van der Waals surface area contributed by atoms with Crippen LogP contribution in [0.1, 0.15) is 50.5 Å². The maximum atomic E-state index is 12.7. The van der Waals surface area contributed by atoms with Crippen LogP contribution in [0.2, 0.25) is 0 Å². The number of fused-ring (bicyclic) bond motifs is 1. The fraction of sp³-hybridized carbons (Fsp3) is 0.591. The van der Waals surface area contributed by atoms with Crippen LogP contribution < -0.4 is 10.9 Å². The molecule has 1 heterocycles. The lowest BCUT2D eigenvalue weighted by Crippen LogP contribution is -2.59. The van der Waals surface area contributed by atoms with Crippen molar-refractivity contribution < 1.29 is 4.79 Å². The Morgan fingerprint density at radius 2 is 1.85 bits per heavy atom. The van der Waals surface area contributed by atoms with Crippen molar-refractivity contribution in [3.63, 3.8) is 0 Å². The number of hydrogen-bond donors (Lipinski definition) is 1. The van der Waals surface area contributed by atoms with Gasteiger partial charge in [0.25, 0.3) is 5.56 Å². The van der Waals surface area contributed by atoms with E-state index in [1.54, 1.807) is 10.9 Å². The quantitative estimate of drug-likeness (QED) is 0.905. The maximum Gasteiger partial charge on any atom is 0.261 e. The molecule has 2 aromatic rings. The van der Waals surface area contributed by atoms with E-state index >= 15 is 0 Å². The first-order valence-corrected chi connectivity index (χ1v) is 10.3. The smallest absolute Gasteiger partial charge is 0.261 e. The van der Waals surface area contributed by atoms with E-state index in [4.69, 9.17) is 0 Å². The maximum absolute atomic E-state index is 12.7. The monoisotopic (exact) mass is 365 g/mol. The Hall–Kier alpha value is -2.17. The molecule has 0 spiro atoms. The van der Waals surface area contributed by atoms with E-state index in [1.165, 1.54) is 19.3 Å². The van der Waals surface area contributed by atoms with E-state index < -0.39 is 0 Å². The van der Waals surface area contributed by atoms with Gasteiger partial charge in [-0.05, 0) is 74.8 Å². The SMILES string of the molecule is Cc1cccc2c(=O)n(CCC(=O)NC34CC5CC(CC(C5)C3)C4)cnc12. The third kappa shape index (κ3) is 2.97. The van der Waals surface area contributed by atoms with Crippen LogP contribution in [0.4, 0.5) is 0 Å². The van der Waals surface area contributed by atoms with Crippen molar-refractivity contribution in [1.29, 1.82) is 0 Å². The molecule has 5 nitrogen and oxygen atoms in total. The molecule has 1 N–H and O–H groups in total. The molecule has 4 saturated carbocycles. The zero-order valence-corrected chi connectivity index (χ0v) is 15.9. The van der Waals surface area contributed by atoms with Gasteiger partial charge in [-0.3, -0.25) is 14.2 Å². The summed E-state index contributed by atoms with van der Waals surface area (Å²) in [7, 11) is 0. The highest BCUT2D eigenvalue weighted by molar-refractivity contribution is 5.80. The normalized spacial score (nSPS) is 31.4. The van der Waals surface area contributed by atoms with E-state index in [2.05, 4.69) is 10.3 Å². The van der Waals surface area contributed by atoms with Gasteiger partial charge in [0.05, 0.1) is 17.2 Å². The number of aryl methyl sites for hydroxylation is 2. The molecule has 27 heavy (non-hydrogen) atoms. The Labute approximate surface area is 159 Å². The first-order chi connectivity index (χ1) is 13.0. The lowest BCUT2D eigenvalue weighted by atomic mass is 9.53. The van der Waals surface area contributed by atoms with Crippen molar-refractivity contribution in [3.8, 4) is 0 Å². The summed E-state index contributed by atoms with van der Waals surface area (Å²) in [5.41, 5.74) is 1.72. The van der Waals surface area contributed by atoms with Crippen LogP contribution in [0.15, 0.2) is 29.3 Å². The van der Waals surface area contributed by atoms with Gasteiger partial charge < -0.3 is 5.32 Å². The molecule has 1 amide bonds. The molecule has 4 bridgehead atoms. The zero-order chi connectivity index (χ0) is 18.6. The summed E-state index contributed by atoms with van der Waals surface area (Å²) in [5.74, 6) is 2.51. The molecule has 0 aliphatic heterocycles. The van der Waals surface area contributed by atoms with E-state index in [9.17, 15) is 9.59 Å². The van der Waals surface area contributed by atoms with Crippen LogP contribution in [-0.4, -0.2) is 21.0 Å². The summed E-state index contributed by atoms with van der Waals surface area (Å²) in [4.78, 5) is 29.8. The number of carbonyl (C=O) groups excluding carboxylic acids is 1. The molecular weight excluding hydrogens is 338 g/mol. The van der Waals surface area contributed by atoms with Crippen LogP contribution in [0.3, 0.4) is 0 Å². The fourth-order valence-corrected chi connectivity index (χ4v) is 6.34. The third-order valence-electron chi connectivity index (χ3n) is 7.08. The number of amides is 1. The second-order valence-electron chi connectivity index (χ2n) is 9.21. The van der Waals surface area contributed by atoms with Crippen LogP contribution >= 0.6 is 0 Å². The van der Waals surface area contributed by atoms with E-state index in [1.807, 2.05) is 25.1 Å². The molecule has 4 aliphatic carbocycles. The van der Waals surface area contributed by atoms with Crippen molar-refractivity contribution in [3.05, 3.63) is 40.4 Å². The largest absolute Gasteiger partial charge is 0.351 e. The minimum atomic E-state index is -0.0636.